The summed E-state index contributed by atoms with van der Waals surface area (Å²) in [6, 6.07) is 10.7. The van der Waals surface area contributed by atoms with Crippen molar-refractivity contribution in [1.29, 1.82) is 0 Å². The maximum atomic E-state index is 3.02. The molecule has 6 aliphatic carbocycles. The Kier molecular flexibility index (Phi) is 21.2. The van der Waals surface area contributed by atoms with Crippen molar-refractivity contribution in [3.63, 3.8) is 0 Å². The average molecular weight is 796 g/mol. The van der Waals surface area contributed by atoms with Gasteiger partial charge in [0.1, 0.15) is 0 Å². The smallest absolute Gasteiger partial charge is 0.296 e. The maximum Gasteiger partial charge on any atom is 2.00 e. The molecule has 4 heteroatoms. The zero-order valence-corrected chi connectivity index (χ0v) is 36.8. The van der Waals surface area contributed by atoms with E-state index in [0.29, 0.717) is 6.04 Å². The summed E-state index contributed by atoms with van der Waals surface area (Å²) in [6.45, 7) is 7.31. The monoisotopic (exact) mass is 795 g/mol. The fourth-order valence-corrected chi connectivity index (χ4v) is 18.6. The minimum Gasteiger partial charge on any atom is -0.296 e. The maximum absolute atomic E-state index is 3.02. The number of hydrogen-bond acceptors (Lipinski definition) is 1. The van der Waals surface area contributed by atoms with Gasteiger partial charge in [0.25, 0.3) is 0 Å². The van der Waals surface area contributed by atoms with Gasteiger partial charge in [0.05, 0.1) is 0 Å². The Morgan fingerprint density at radius 2 is 0.943 bits per heavy atom. The Hall–Kier alpha value is 0.559. The van der Waals surface area contributed by atoms with Gasteiger partial charge in [-0.05, 0) is 162 Å². The van der Waals surface area contributed by atoms with E-state index < -0.39 is 0 Å². The average Bonchev–Trinajstić information content (AvgIpc) is 3.95. The fourth-order valence-electron chi connectivity index (χ4n) is 10.6. The second-order valence-electron chi connectivity index (χ2n) is 17.0. The van der Waals surface area contributed by atoms with E-state index in [1.54, 1.807) is 11.5 Å². The first-order chi connectivity index (χ1) is 25.8. The Morgan fingerprint density at radius 3 is 1.38 bits per heavy atom. The Bertz CT molecular complexity index is 1030. The van der Waals surface area contributed by atoms with Gasteiger partial charge in [0.2, 0.25) is 0 Å². The van der Waals surface area contributed by atoms with Crippen LogP contribution in [0.15, 0.2) is 24.3 Å². The summed E-state index contributed by atoms with van der Waals surface area (Å²) in [5, 5.41) is 1.84. The summed E-state index contributed by atoms with van der Waals surface area (Å²) >= 11 is 0. The molecule has 7 rings (SSSR count). The first-order valence-corrected chi connectivity index (χ1v) is 25.6. The van der Waals surface area contributed by atoms with Crippen LogP contribution in [-0.2, 0) is 17.1 Å². The van der Waals surface area contributed by atoms with E-state index in [2.05, 4.69) is 62.3 Å². The normalized spacial score (nSPS) is 24.1. The number of benzene rings is 1. The first-order valence-electron chi connectivity index (χ1n) is 22.6. The predicted octanol–water partition coefficient (Wildman–Crippen LogP) is 14.3. The zero-order valence-electron chi connectivity index (χ0n) is 33.9. The molecule has 0 bridgehead atoms. The van der Waals surface area contributed by atoms with Crippen LogP contribution in [-0.4, -0.2) is 40.6 Å². The summed E-state index contributed by atoms with van der Waals surface area (Å²) in [5.74, 6) is 1.76. The van der Waals surface area contributed by atoms with E-state index in [-0.39, 0.29) is 32.9 Å². The molecule has 0 aromatic heterocycles. The van der Waals surface area contributed by atoms with E-state index in [4.69, 9.17) is 0 Å². The van der Waals surface area contributed by atoms with E-state index in [0.717, 1.165) is 22.6 Å². The molecule has 6 saturated carbocycles. The third-order valence-corrected chi connectivity index (χ3v) is 20.4. The topological polar surface area (TPSA) is 3.24 Å². The first kappa shape index (κ1) is 44.7. The summed E-state index contributed by atoms with van der Waals surface area (Å²) in [6.07, 6.45) is 52.7. The van der Waals surface area contributed by atoms with Crippen LogP contribution in [0.4, 0.5) is 0 Å². The van der Waals surface area contributed by atoms with E-state index in [9.17, 15) is 0 Å². The molecule has 0 spiro atoms. The van der Waals surface area contributed by atoms with Crippen molar-refractivity contribution in [1.82, 2.24) is 4.90 Å². The second kappa shape index (κ2) is 25.1. The SMILES string of the molecule is CCCCN(CCCC)[C@H]([C]1[CH][CH][CH][C]1P(C1CCCCC1)C1CCCCC1)c1ccccc1P(C1CCCCC1)C1CCCCC1.[CH]1[CH][CH][CH][CH]1.[Fe+2]. The van der Waals surface area contributed by atoms with Crippen LogP contribution in [0.1, 0.15) is 180 Å². The second-order valence-corrected chi connectivity index (χ2v) is 22.5. The molecule has 53 heavy (non-hydrogen) atoms. The molecule has 0 amide bonds. The van der Waals surface area contributed by atoms with Crippen molar-refractivity contribution in [3.05, 3.63) is 92.8 Å². The summed E-state index contributed by atoms with van der Waals surface area (Å²) in [7, 11) is -0.262. The van der Waals surface area contributed by atoms with Crippen molar-refractivity contribution in [3.8, 4) is 0 Å². The molecule has 6 fully saturated rings. The molecule has 1 nitrogen and oxygen atoms in total. The number of rotatable bonds is 15. The zero-order chi connectivity index (χ0) is 35.8. The van der Waals surface area contributed by atoms with Crippen molar-refractivity contribution in [2.75, 3.05) is 13.1 Å². The summed E-state index contributed by atoms with van der Waals surface area (Å²) in [5.41, 5.74) is 7.42. The molecule has 0 aliphatic heterocycles. The van der Waals surface area contributed by atoms with Crippen LogP contribution in [0, 0.1) is 62.9 Å². The molecule has 1 atom stereocenters. The van der Waals surface area contributed by atoms with Gasteiger partial charge in [-0.1, -0.05) is 144 Å². The predicted molar refractivity (Wildman–Crippen MR) is 232 cm³/mol. The number of unbranched alkanes of at least 4 members (excludes halogenated alkanes) is 2. The largest absolute Gasteiger partial charge is 2.00 e. The van der Waals surface area contributed by atoms with Crippen LogP contribution >= 0.6 is 15.8 Å². The van der Waals surface area contributed by atoms with Gasteiger partial charge in [0.15, 0.2) is 0 Å². The van der Waals surface area contributed by atoms with Crippen LogP contribution < -0.4 is 5.30 Å². The molecular weight excluding hydrogens is 720 g/mol. The van der Waals surface area contributed by atoms with Crippen LogP contribution in [0.3, 0.4) is 0 Å². The Labute approximate surface area is 343 Å². The van der Waals surface area contributed by atoms with Gasteiger partial charge in [-0.25, -0.2) is 0 Å². The van der Waals surface area contributed by atoms with Crippen molar-refractivity contribution >= 4 is 21.1 Å². The van der Waals surface area contributed by atoms with Crippen molar-refractivity contribution < 1.29 is 17.1 Å². The third-order valence-electron chi connectivity index (χ3n) is 13.3. The molecule has 0 N–H and O–H groups in total. The molecule has 0 unspecified atom stereocenters. The molecule has 6 aliphatic rings. The molecule has 1 aromatic carbocycles. The summed E-state index contributed by atoms with van der Waals surface area (Å²) in [4.78, 5) is 3.02. The molecule has 292 valence electrons. The number of hydrogen-bond donors (Lipinski definition) is 0. The van der Waals surface area contributed by atoms with Crippen LogP contribution in [0.2, 0.25) is 0 Å². The van der Waals surface area contributed by atoms with Gasteiger partial charge < -0.3 is 0 Å². The number of nitrogens with zero attached hydrogens (tertiary/aromatic N) is 1. The van der Waals surface area contributed by atoms with E-state index >= 15 is 0 Å². The van der Waals surface area contributed by atoms with Crippen LogP contribution in [0.5, 0.6) is 0 Å². The van der Waals surface area contributed by atoms with Gasteiger partial charge in [-0.15, -0.1) is 0 Å². The molecule has 1 aromatic rings. The van der Waals surface area contributed by atoms with Gasteiger partial charge in [0, 0.05) is 17.6 Å². The molecule has 0 saturated heterocycles. The summed E-state index contributed by atoms with van der Waals surface area (Å²) < 4.78 is 0. The molecule has 10 radical (unpaired) electrons. The Balaban J connectivity index is 0.000000833. The van der Waals surface area contributed by atoms with Gasteiger partial charge in [-0.3, -0.25) is 4.90 Å². The van der Waals surface area contributed by atoms with E-state index in [1.807, 2.05) is 43.1 Å². The van der Waals surface area contributed by atoms with Crippen LogP contribution in [0.25, 0.3) is 0 Å². The van der Waals surface area contributed by atoms with Crippen molar-refractivity contribution in [2.24, 2.45) is 0 Å². The fraction of sp³-hybridized carbons (Fsp3) is 0.673. The standard InChI is InChI=1S/C44H70NP2.C5H5.Fe/c1-3-5-34-45(35-6-4-2)44(41-31-21-33-43(41)47(38-26-15-9-16-27-38)39-28-17-10-18-29-39)40-30-19-20-32-42(40)46(36-22-11-7-12-23-36)37-24-13-8-14-25-37;1-2-4-5-3-1;/h19-21,30-33,36-39,44H,3-18,22-29,34-35H2,1-2H3;1-5H;/q;;+2/t44-;;/m0../s1. The molecule has 0 heterocycles. The minimum absolute atomic E-state index is 0. The van der Waals surface area contributed by atoms with E-state index in [1.165, 1.54) is 167 Å². The molecular formula is C49H75FeNP2+2. The van der Waals surface area contributed by atoms with Gasteiger partial charge in [-0.2, -0.15) is 0 Å². The minimum atomic E-state index is -0.142. The quantitative estimate of drug-likeness (QED) is 0.126. The third kappa shape index (κ3) is 12.8. The Morgan fingerprint density at radius 1 is 0.528 bits per heavy atom. The van der Waals surface area contributed by atoms with Crippen molar-refractivity contribution in [2.45, 2.75) is 197 Å². The van der Waals surface area contributed by atoms with Gasteiger partial charge >= 0.3 is 17.1 Å².